The van der Waals surface area contributed by atoms with E-state index in [1.165, 1.54) is 0 Å². The Morgan fingerprint density at radius 3 is 2.95 bits per heavy atom. The lowest BCUT2D eigenvalue weighted by molar-refractivity contribution is -0.151. The van der Waals surface area contributed by atoms with Crippen LogP contribution in [0.4, 0.5) is 0 Å². The Kier molecular flexibility index (Phi) is 3.01. The zero-order chi connectivity index (χ0) is 14.3. The average Bonchev–Trinajstić information content (AvgIpc) is 3.22. The molecule has 0 N–H and O–H groups in total. The lowest BCUT2D eigenvalue weighted by Gasteiger charge is -2.20. The zero-order valence-corrected chi connectivity index (χ0v) is 11.9. The molecular weight excluding hydrogens is 270 g/mol. The van der Waals surface area contributed by atoms with E-state index in [-0.39, 0.29) is 5.92 Å². The first-order valence-electron chi connectivity index (χ1n) is 7.29. The highest BCUT2D eigenvalue weighted by molar-refractivity contribution is 5.55. The van der Waals surface area contributed by atoms with Gasteiger partial charge in [0.25, 0.3) is 5.89 Å². The summed E-state index contributed by atoms with van der Waals surface area (Å²) in [6.07, 6.45) is 4.42. The highest BCUT2D eigenvalue weighted by atomic mass is 16.7. The molecule has 1 spiro atoms. The highest BCUT2D eigenvalue weighted by Gasteiger charge is 2.45. The number of hydrogen-bond donors (Lipinski definition) is 0. The van der Waals surface area contributed by atoms with E-state index in [0.29, 0.717) is 19.1 Å². The monoisotopic (exact) mass is 287 g/mol. The van der Waals surface area contributed by atoms with Crippen molar-refractivity contribution in [3.63, 3.8) is 0 Å². The third kappa shape index (κ3) is 2.24. The third-order valence-electron chi connectivity index (χ3n) is 4.29. The van der Waals surface area contributed by atoms with Crippen LogP contribution in [-0.4, -0.2) is 34.1 Å². The van der Waals surface area contributed by atoms with Crippen molar-refractivity contribution in [3.05, 3.63) is 29.8 Å². The second-order valence-corrected chi connectivity index (χ2v) is 5.64. The Bertz CT molecular complexity index is 649. The summed E-state index contributed by atoms with van der Waals surface area (Å²) < 4.78 is 16.9. The second kappa shape index (κ2) is 4.89. The van der Waals surface area contributed by atoms with Crippen molar-refractivity contribution < 1.29 is 14.0 Å². The predicted octanol–water partition coefficient (Wildman–Crippen LogP) is 2.45. The molecule has 6 heteroatoms. The van der Waals surface area contributed by atoms with Gasteiger partial charge in [0.2, 0.25) is 0 Å². The van der Waals surface area contributed by atoms with Gasteiger partial charge in [-0.2, -0.15) is 4.98 Å². The Labute approximate surface area is 122 Å². The van der Waals surface area contributed by atoms with Crippen molar-refractivity contribution in [2.24, 2.45) is 0 Å². The summed E-state index contributed by atoms with van der Waals surface area (Å²) in [4.78, 5) is 8.80. The van der Waals surface area contributed by atoms with Crippen LogP contribution in [0.1, 0.15) is 36.7 Å². The van der Waals surface area contributed by atoms with Crippen LogP contribution in [0.5, 0.6) is 0 Å². The van der Waals surface area contributed by atoms with Gasteiger partial charge in [-0.15, -0.1) is 0 Å². The lowest BCUT2D eigenvalue weighted by atomic mass is 10.1. The van der Waals surface area contributed by atoms with Crippen LogP contribution in [0.25, 0.3) is 11.5 Å². The molecular formula is C15H17N3O3. The topological polar surface area (TPSA) is 70.3 Å². The molecule has 21 heavy (non-hydrogen) atoms. The van der Waals surface area contributed by atoms with Crippen LogP contribution >= 0.6 is 0 Å². The van der Waals surface area contributed by atoms with Crippen molar-refractivity contribution in [3.8, 4) is 11.5 Å². The molecule has 1 unspecified atom stereocenters. The fraction of sp³-hybridized carbons (Fsp3) is 0.533. The first-order valence-corrected chi connectivity index (χ1v) is 7.29. The summed E-state index contributed by atoms with van der Waals surface area (Å²) in [5.74, 6) is 1.10. The summed E-state index contributed by atoms with van der Waals surface area (Å²) in [7, 11) is 0. The molecule has 0 aromatic carbocycles. The number of ether oxygens (including phenoxy) is 2. The molecule has 0 bridgehead atoms. The Morgan fingerprint density at radius 1 is 1.29 bits per heavy atom. The van der Waals surface area contributed by atoms with Crippen LogP contribution in [0.2, 0.25) is 0 Å². The number of hydrogen-bond acceptors (Lipinski definition) is 6. The molecule has 4 rings (SSSR count). The number of rotatable bonds is 2. The minimum atomic E-state index is -0.407. The standard InChI is InChI=1S/C15H17N3O3/c1-10-12(3-2-6-16-10)14-17-13(18-21-14)11-4-5-15(9-11)19-7-8-20-15/h2-3,6,11H,4-5,7-9H2,1H3. The molecule has 1 saturated carbocycles. The Balaban J connectivity index is 1.57. The molecule has 1 saturated heterocycles. The maximum absolute atomic E-state index is 5.75. The summed E-state index contributed by atoms with van der Waals surface area (Å²) >= 11 is 0. The molecule has 110 valence electrons. The number of aromatic nitrogens is 3. The molecule has 2 aromatic rings. The van der Waals surface area contributed by atoms with E-state index in [1.54, 1.807) is 6.20 Å². The predicted molar refractivity (Wildman–Crippen MR) is 73.5 cm³/mol. The Hall–Kier alpha value is -1.79. The summed E-state index contributed by atoms with van der Waals surface area (Å²) in [6.45, 7) is 3.29. The van der Waals surface area contributed by atoms with E-state index in [4.69, 9.17) is 14.0 Å². The van der Waals surface area contributed by atoms with Crippen LogP contribution in [0.15, 0.2) is 22.9 Å². The second-order valence-electron chi connectivity index (χ2n) is 5.64. The van der Waals surface area contributed by atoms with Crippen LogP contribution in [0, 0.1) is 6.92 Å². The van der Waals surface area contributed by atoms with E-state index < -0.39 is 5.79 Å². The van der Waals surface area contributed by atoms with E-state index in [9.17, 15) is 0 Å². The van der Waals surface area contributed by atoms with Gasteiger partial charge in [-0.25, -0.2) is 0 Å². The molecule has 0 radical (unpaired) electrons. The average molecular weight is 287 g/mol. The molecule has 1 atom stereocenters. The quantitative estimate of drug-likeness (QED) is 0.845. The molecule has 6 nitrogen and oxygen atoms in total. The van der Waals surface area contributed by atoms with Crippen LogP contribution in [0.3, 0.4) is 0 Å². The molecule has 2 aliphatic rings. The van der Waals surface area contributed by atoms with Gasteiger partial charge in [0, 0.05) is 30.7 Å². The third-order valence-corrected chi connectivity index (χ3v) is 4.29. The zero-order valence-electron chi connectivity index (χ0n) is 11.9. The van der Waals surface area contributed by atoms with Gasteiger partial charge in [0.05, 0.1) is 18.8 Å². The van der Waals surface area contributed by atoms with Gasteiger partial charge >= 0.3 is 0 Å². The normalized spacial score (nSPS) is 24.0. The van der Waals surface area contributed by atoms with E-state index in [1.807, 2.05) is 19.1 Å². The van der Waals surface area contributed by atoms with E-state index >= 15 is 0 Å². The lowest BCUT2D eigenvalue weighted by Crippen LogP contribution is -2.25. The fourth-order valence-corrected chi connectivity index (χ4v) is 3.17. The number of pyridine rings is 1. The molecule has 0 amide bonds. The first-order chi connectivity index (χ1) is 10.3. The molecule has 1 aliphatic carbocycles. The van der Waals surface area contributed by atoms with Gasteiger partial charge in [-0.3, -0.25) is 4.98 Å². The molecule has 3 heterocycles. The van der Waals surface area contributed by atoms with Gasteiger partial charge in [0.15, 0.2) is 11.6 Å². The van der Waals surface area contributed by atoms with Gasteiger partial charge in [0.1, 0.15) is 0 Å². The minimum absolute atomic E-state index is 0.234. The fourth-order valence-electron chi connectivity index (χ4n) is 3.17. The van der Waals surface area contributed by atoms with Crippen molar-refractivity contribution in [1.82, 2.24) is 15.1 Å². The van der Waals surface area contributed by atoms with Crippen LogP contribution < -0.4 is 0 Å². The van der Waals surface area contributed by atoms with Crippen molar-refractivity contribution in [2.45, 2.75) is 37.9 Å². The van der Waals surface area contributed by atoms with Gasteiger partial charge < -0.3 is 14.0 Å². The first kappa shape index (κ1) is 12.9. The molecule has 1 aliphatic heterocycles. The summed E-state index contributed by atoms with van der Waals surface area (Å²) in [6, 6.07) is 3.82. The molecule has 2 aromatic heterocycles. The summed E-state index contributed by atoms with van der Waals surface area (Å²) in [5, 5.41) is 4.15. The summed E-state index contributed by atoms with van der Waals surface area (Å²) in [5.41, 5.74) is 1.77. The van der Waals surface area contributed by atoms with Gasteiger partial charge in [-0.1, -0.05) is 5.16 Å². The maximum Gasteiger partial charge on any atom is 0.259 e. The minimum Gasteiger partial charge on any atom is -0.348 e. The molecule has 2 fully saturated rings. The van der Waals surface area contributed by atoms with E-state index in [2.05, 4.69) is 15.1 Å². The van der Waals surface area contributed by atoms with Crippen molar-refractivity contribution >= 4 is 0 Å². The van der Waals surface area contributed by atoms with Crippen LogP contribution in [-0.2, 0) is 9.47 Å². The van der Waals surface area contributed by atoms with Gasteiger partial charge in [-0.05, 0) is 25.5 Å². The smallest absolute Gasteiger partial charge is 0.259 e. The van der Waals surface area contributed by atoms with E-state index in [0.717, 1.165) is 36.3 Å². The van der Waals surface area contributed by atoms with Crippen molar-refractivity contribution in [1.29, 1.82) is 0 Å². The largest absolute Gasteiger partial charge is 0.348 e. The number of aryl methyl sites for hydroxylation is 1. The maximum atomic E-state index is 5.75. The highest BCUT2D eigenvalue weighted by Crippen LogP contribution is 2.45. The Morgan fingerprint density at radius 2 is 2.14 bits per heavy atom. The van der Waals surface area contributed by atoms with Crippen molar-refractivity contribution in [2.75, 3.05) is 13.2 Å². The SMILES string of the molecule is Cc1ncccc1-c1nc(C2CCC3(C2)OCCO3)no1. The number of nitrogens with zero attached hydrogens (tertiary/aromatic N) is 3.